The van der Waals surface area contributed by atoms with E-state index in [4.69, 9.17) is 9.47 Å². The monoisotopic (exact) mass is 214 g/mol. The van der Waals surface area contributed by atoms with Crippen molar-refractivity contribution in [2.45, 2.75) is 51.7 Å². The van der Waals surface area contributed by atoms with Crippen LogP contribution in [-0.2, 0) is 14.3 Å². The predicted molar refractivity (Wildman–Crippen MR) is 58.9 cm³/mol. The van der Waals surface area contributed by atoms with Crippen molar-refractivity contribution in [1.29, 1.82) is 0 Å². The number of hydrogen-bond acceptors (Lipinski definition) is 3. The number of rotatable bonds is 6. The molecule has 0 atom stereocenters. The van der Waals surface area contributed by atoms with Gasteiger partial charge in [-0.2, -0.15) is 0 Å². The first-order valence-electron chi connectivity index (χ1n) is 5.91. The maximum Gasteiger partial charge on any atom is 0.123 e. The molecule has 88 valence electrons. The summed E-state index contributed by atoms with van der Waals surface area (Å²) in [4.78, 5) is 10.5. The van der Waals surface area contributed by atoms with Gasteiger partial charge in [-0.15, -0.1) is 0 Å². The molecule has 0 heterocycles. The van der Waals surface area contributed by atoms with E-state index in [1.807, 2.05) is 13.8 Å². The average molecular weight is 214 g/mol. The quantitative estimate of drug-likeness (QED) is 0.502. The molecule has 0 spiro atoms. The molecule has 0 radical (unpaired) electrons. The van der Waals surface area contributed by atoms with E-state index in [-0.39, 0.29) is 12.0 Å². The van der Waals surface area contributed by atoms with Gasteiger partial charge >= 0.3 is 0 Å². The van der Waals surface area contributed by atoms with Crippen molar-refractivity contribution in [2.24, 2.45) is 5.92 Å². The Bertz CT molecular complexity index is 172. The second-order valence-corrected chi connectivity index (χ2v) is 4.46. The number of carbonyl (C=O) groups is 1. The molecule has 0 N–H and O–H groups in total. The van der Waals surface area contributed by atoms with E-state index in [2.05, 4.69) is 0 Å². The summed E-state index contributed by atoms with van der Waals surface area (Å²) in [5.41, 5.74) is 0. The third-order valence-electron chi connectivity index (χ3n) is 2.80. The van der Waals surface area contributed by atoms with E-state index in [0.29, 0.717) is 19.3 Å². The summed E-state index contributed by atoms with van der Waals surface area (Å²) >= 11 is 0. The highest BCUT2D eigenvalue weighted by molar-refractivity contribution is 5.53. The van der Waals surface area contributed by atoms with Crippen LogP contribution >= 0.6 is 0 Å². The van der Waals surface area contributed by atoms with Gasteiger partial charge in [-0.25, -0.2) is 0 Å². The average Bonchev–Trinajstić information content (AvgIpc) is 2.25. The Morgan fingerprint density at radius 1 is 1.20 bits per heavy atom. The van der Waals surface area contributed by atoms with Crippen molar-refractivity contribution in [1.82, 2.24) is 0 Å². The third-order valence-corrected chi connectivity index (χ3v) is 2.80. The highest BCUT2D eigenvalue weighted by Gasteiger charge is 2.20. The SMILES string of the molecule is CC(C)OCCOC1CCC(C=O)CC1. The lowest BCUT2D eigenvalue weighted by Crippen LogP contribution is -2.24. The van der Waals surface area contributed by atoms with E-state index in [9.17, 15) is 4.79 Å². The molecule has 3 heteroatoms. The Hall–Kier alpha value is -0.410. The van der Waals surface area contributed by atoms with Gasteiger partial charge in [0.2, 0.25) is 0 Å². The minimum Gasteiger partial charge on any atom is -0.376 e. The number of carbonyl (C=O) groups excluding carboxylic acids is 1. The lowest BCUT2D eigenvalue weighted by atomic mass is 9.88. The van der Waals surface area contributed by atoms with E-state index < -0.39 is 0 Å². The van der Waals surface area contributed by atoms with Crippen LogP contribution in [-0.4, -0.2) is 31.7 Å². The summed E-state index contributed by atoms with van der Waals surface area (Å²) in [6.07, 6.45) is 5.71. The van der Waals surface area contributed by atoms with Crippen LogP contribution in [0.2, 0.25) is 0 Å². The minimum atomic E-state index is 0.275. The summed E-state index contributed by atoms with van der Waals surface area (Å²) in [6, 6.07) is 0. The fourth-order valence-corrected chi connectivity index (χ4v) is 1.89. The van der Waals surface area contributed by atoms with Gasteiger partial charge in [0.1, 0.15) is 6.29 Å². The standard InChI is InChI=1S/C12H22O3/c1-10(2)14-7-8-15-12-5-3-11(9-13)4-6-12/h9-12H,3-8H2,1-2H3. The Balaban J connectivity index is 2.01. The first-order valence-corrected chi connectivity index (χ1v) is 5.91. The largest absolute Gasteiger partial charge is 0.376 e. The fourth-order valence-electron chi connectivity index (χ4n) is 1.89. The van der Waals surface area contributed by atoms with Gasteiger partial charge in [0.25, 0.3) is 0 Å². The highest BCUT2D eigenvalue weighted by Crippen LogP contribution is 2.24. The molecular formula is C12H22O3. The van der Waals surface area contributed by atoms with Gasteiger partial charge in [-0.1, -0.05) is 0 Å². The van der Waals surface area contributed by atoms with Crippen LogP contribution in [0.15, 0.2) is 0 Å². The normalized spacial score (nSPS) is 26.9. The fraction of sp³-hybridized carbons (Fsp3) is 0.917. The first kappa shape index (κ1) is 12.7. The third kappa shape index (κ3) is 5.28. The lowest BCUT2D eigenvalue weighted by Gasteiger charge is -2.25. The number of hydrogen-bond donors (Lipinski definition) is 0. The van der Waals surface area contributed by atoms with Crippen LogP contribution in [0.3, 0.4) is 0 Å². The molecule has 0 aromatic heterocycles. The van der Waals surface area contributed by atoms with E-state index in [1.165, 1.54) is 0 Å². The maximum absolute atomic E-state index is 10.5. The smallest absolute Gasteiger partial charge is 0.123 e. The molecule has 3 nitrogen and oxygen atoms in total. The summed E-state index contributed by atoms with van der Waals surface area (Å²) in [5.74, 6) is 0.275. The number of aldehydes is 1. The number of ether oxygens (including phenoxy) is 2. The molecular weight excluding hydrogens is 192 g/mol. The molecule has 0 amide bonds. The molecule has 1 saturated carbocycles. The second kappa shape index (κ2) is 6.96. The van der Waals surface area contributed by atoms with E-state index >= 15 is 0 Å². The van der Waals surface area contributed by atoms with Crippen molar-refractivity contribution in [3.63, 3.8) is 0 Å². The van der Waals surface area contributed by atoms with Crippen molar-refractivity contribution in [3.05, 3.63) is 0 Å². The van der Waals surface area contributed by atoms with Crippen molar-refractivity contribution < 1.29 is 14.3 Å². The van der Waals surface area contributed by atoms with Gasteiger partial charge in [-0.3, -0.25) is 0 Å². The van der Waals surface area contributed by atoms with E-state index in [0.717, 1.165) is 32.0 Å². The molecule has 0 aliphatic heterocycles. The maximum atomic E-state index is 10.5. The molecule has 1 aliphatic rings. The zero-order valence-electron chi connectivity index (χ0n) is 9.78. The Morgan fingerprint density at radius 3 is 2.40 bits per heavy atom. The van der Waals surface area contributed by atoms with Gasteiger partial charge in [-0.05, 0) is 39.5 Å². The topological polar surface area (TPSA) is 35.5 Å². The molecule has 0 bridgehead atoms. The highest BCUT2D eigenvalue weighted by atomic mass is 16.5. The molecule has 0 aromatic carbocycles. The minimum absolute atomic E-state index is 0.275. The predicted octanol–water partition coefficient (Wildman–Crippen LogP) is 2.19. The Labute approximate surface area is 92.1 Å². The molecule has 15 heavy (non-hydrogen) atoms. The Kier molecular flexibility index (Phi) is 5.88. The van der Waals surface area contributed by atoms with Crippen LogP contribution in [0, 0.1) is 5.92 Å². The second-order valence-electron chi connectivity index (χ2n) is 4.46. The zero-order chi connectivity index (χ0) is 11.1. The summed E-state index contributed by atoms with van der Waals surface area (Å²) in [5, 5.41) is 0. The van der Waals surface area contributed by atoms with Crippen molar-refractivity contribution in [3.8, 4) is 0 Å². The van der Waals surface area contributed by atoms with Gasteiger partial charge < -0.3 is 14.3 Å². The summed E-state index contributed by atoms with van der Waals surface area (Å²) in [7, 11) is 0. The Morgan fingerprint density at radius 2 is 1.87 bits per heavy atom. The summed E-state index contributed by atoms with van der Waals surface area (Å²) in [6.45, 7) is 5.39. The zero-order valence-corrected chi connectivity index (χ0v) is 9.78. The summed E-state index contributed by atoms with van der Waals surface area (Å²) < 4.78 is 11.1. The van der Waals surface area contributed by atoms with Gasteiger partial charge in [0.15, 0.2) is 0 Å². The van der Waals surface area contributed by atoms with Crippen LogP contribution < -0.4 is 0 Å². The van der Waals surface area contributed by atoms with Crippen LogP contribution in [0.1, 0.15) is 39.5 Å². The molecule has 1 rings (SSSR count). The molecule has 1 fully saturated rings. The van der Waals surface area contributed by atoms with Gasteiger partial charge in [0, 0.05) is 5.92 Å². The molecule has 1 aliphatic carbocycles. The van der Waals surface area contributed by atoms with Crippen LogP contribution in [0.4, 0.5) is 0 Å². The van der Waals surface area contributed by atoms with Crippen LogP contribution in [0.25, 0.3) is 0 Å². The van der Waals surface area contributed by atoms with Crippen molar-refractivity contribution >= 4 is 6.29 Å². The van der Waals surface area contributed by atoms with Crippen LogP contribution in [0.5, 0.6) is 0 Å². The first-order chi connectivity index (χ1) is 7.22. The lowest BCUT2D eigenvalue weighted by molar-refractivity contribution is -0.113. The van der Waals surface area contributed by atoms with Gasteiger partial charge in [0.05, 0.1) is 25.4 Å². The molecule has 0 saturated heterocycles. The molecule has 0 unspecified atom stereocenters. The van der Waals surface area contributed by atoms with Crippen molar-refractivity contribution in [2.75, 3.05) is 13.2 Å². The van der Waals surface area contributed by atoms with E-state index in [1.54, 1.807) is 0 Å². The molecule has 0 aromatic rings.